The van der Waals surface area contributed by atoms with Gasteiger partial charge in [0.1, 0.15) is 0 Å². The molecule has 0 aromatic carbocycles. The van der Waals surface area contributed by atoms with Crippen LogP contribution in [0.15, 0.2) is 60.8 Å². The maximum absolute atomic E-state index is 12.2. The van der Waals surface area contributed by atoms with Crippen LogP contribution >= 0.6 is 0 Å². The monoisotopic (exact) mass is 528 g/mol. The van der Waals surface area contributed by atoms with Crippen molar-refractivity contribution in [3.63, 3.8) is 0 Å². The molecule has 38 heavy (non-hydrogen) atoms. The average molecular weight is 529 g/mol. The van der Waals surface area contributed by atoms with Crippen molar-refractivity contribution in [2.24, 2.45) is 29.6 Å². The van der Waals surface area contributed by atoms with Crippen LogP contribution in [0.25, 0.3) is 0 Å². The molecular formula is C33H52O5. The summed E-state index contributed by atoms with van der Waals surface area (Å²) in [6, 6.07) is 0. The summed E-state index contributed by atoms with van der Waals surface area (Å²) in [6.45, 7) is 24.7. The van der Waals surface area contributed by atoms with E-state index in [1.54, 1.807) is 21.0 Å². The molecule has 0 bridgehead atoms. The van der Waals surface area contributed by atoms with Crippen LogP contribution in [0, 0.1) is 29.6 Å². The maximum atomic E-state index is 12.2. The van der Waals surface area contributed by atoms with Gasteiger partial charge in [-0.3, -0.25) is 0 Å². The first-order valence-electron chi connectivity index (χ1n) is 14.2. The quantitative estimate of drug-likeness (QED) is 0.0786. The Morgan fingerprint density at radius 3 is 2.13 bits per heavy atom. The number of hydrogen-bond acceptors (Lipinski definition) is 5. The number of carbonyl (C=O) groups excluding carboxylic acids is 2. The molecule has 1 fully saturated rings. The highest BCUT2D eigenvalue weighted by Gasteiger charge is 2.29. The van der Waals surface area contributed by atoms with Crippen LogP contribution in [0.1, 0.15) is 79.1 Å². The largest absolute Gasteiger partial charge is 0.462 e. The zero-order valence-corrected chi connectivity index (χ0v) is 24.7. The van der Waals surface area contributed by atoms with E-state index in [4.69, 9.17) is 14.2 Å². The van der Waals surface area contributed by atoms with Gasteiger partial charge in [-0.2, -0.15) is 0 Å². The maximum Gasteiger partial charge on any atom is 0.333 e. The summed E-state index contributed by atoms with van der Waals surface area (Å²) < 4.78 is 16.3. The summed E-state index contributed by atoms with van der Waals surface area (Å²) in [5, 5.41) is 0. The van der Waals surface area contributed by atoms with Crippen LogP contribution < -0.4 is 0 Å². The van der Waals surface area contributed by atoms with E-state index in [-0.39, 0.29) is 25.0 Å². The van der Waals surface area contributed by atoms with Crippen LogP contribution in [-0.4, -0.2) is 38.9 Å². The molecule has 0 aromatic rings. The molecule has 5 unspecified atom stereocenters. The first-order chi connectivity index (χ1) is 18.0. The zero-order valence-electron chi connectivity index (χ0n) is 24.7. The number of rotatable bonds is 18. The van der Waals surface area contributed by atoms with Gasteiger partial charge in [0.25, 0.3) is 0 Å². The molecule has 5 nitrogen and oxygen atoms in total. The third kappa shape index (κ3) is 12.0. The molecule has 5 heteroatoms. The lowest BCUT2D eigenvalue weighted by molar-refractivity contribution is -0.144. The Kier molecular flexibility index (Phi) is 15.9. The molecule has 0 spiro atoms. The van der Waals surface area contributed by atoms with Gasteiger partial charge < -0.3 is 14.2 Å². The fourth-order valence-corrected chi connectivity index (χ4v) is 5.17. The summed E-state index contributed by atoms with van der Waals surface area (Å²) in [5.74, 6) is 0.681. The number of allylic oxidation sites excluding steroid dienone is 3. The minimum Gasteiger partial charge on any atom is -0.462 e. The highest BCUT2D eigenvalue weighted by Crippen LogP contribution is 2.39. The van der Waals surface area contributed by atoms with Crippen molar-refractivity contribution in [3.05, 3.63) is 60.8 Å². The summed E-state index contributed by atoms with van der Waals surface area (Å²) >= 11 is 0. The normalized spacial score (nSPS) is 20.9. The Morgan fingerprint density at radius 2 is 1.58 bits per heavy atom. The molecule has 0 amide bonds. The van der Waals surface area contributed by atoms with Crippen molar-refractivity contribution in [3.8, 4) is 0 Å². The topological polar surface area (TPSA) is 61.8 Å². The molecule has 0 aliphatic heterocycles. The van der Waals surface area contributed by atoms with E-state index in [9.17, 15) is 9.59 Å². The zero-order chi connectivity index (χ0) is 28.7. The summed E-state index contributed by atoms with van der Waals surface area (Å²) in [7, 11) is 1.63. The molecular weight excluding hydrogens is 476 g/mol. The van der Waals surface area contributed by atoms with Crippen LogP contribution in [0.3, 0.4) is 0 Å². The Morgan fingerprint density at radius 1 is 0.947 bits per heavy atom. The number of hydrogen-bond donors (Lipinski definition) is 0. The lowest BCUT2D eigenvalue weighted by Gasteiger charge is -2.35. The first-order valence-corrected chi connectivity index (χ1v) is 14.2. The van der Waals surface area contributed by atoms with E-state index >= 15 is 0 Å². The van der Waals surface area contributed by atoms with Crippen molar-refractivity contribution in [2.45, 2.75) is 79.1 Å². The van der Waals surface area contributed by atoms with Crippen molar-refractivity contribution < 1.29 is 23.8 Å². The van der Waals surface area contributed by atoms with Crippen molar-refractivity contribution in [1.82, 2.24) is 0 Å². The fraction of sp³-hybridized carbons (Fsp3) is 0.636. The summed E-state index contributed by atoms with van der Waals surface area (Å²) in [6.07, 6.45) is 13.5. The molecule has 1 aliphatic rings. The van der Waals surface area contributed by atoms with Crippen molar-refractivity contribution in [1.29, 1.82) is 0 Å². The van der Waals surface area contributed by atoms with Gasteiger partial charge in [-0.15, -0.1) is 0 Å². The molecule has 214 valence electrons. The van der Waals surface area contributed by atoms with Crippen LogP contribution in [0.5, 0.6) is 0 Å². The van der Waals surface area contributed by atoms with Gasteiger partial charge >= 0.3 is 11.9 Å². The SMILES string of the molecule is C=C(C)C(=O)OCC(CCOC)C(COC(=O)C(=C)C)C(=C)/C=C\C(=C)C1CCC(CCCCC)C(C)C1. The lowest BCUT2D eigenvalue weighted by Crippen LogP contribution is -2.29. The third-order valence-electron chi connectivity index (χ3n) is 7.82. The molecule has 0 heterocycles. The molecule has 1 saturated carbocycles. The van der Waals surface area contributed by atoms with E-state index in [1.165, 1.54) is 44.9 Å². The highest BCUT2D eigenvalue weighted by molar-refractivity contribution is 5.87. The number of methoxy groups -OCH3 is 1. The Labute approximate surface area is 232 Å². The number of carbonyl (C=O) groups is 2. The van der Waals surface area contributed by atoms with E-state index in [2.05, 4.69) is 46.2 Å². The summed E-state index contributed by atoms with van der Waals surface area (Å²) in [4.78, 5) is 24.3. The predicted octanol–water partition coefficient (Wildman–Crippen LogP) is 7.80. The van der Waals surface area contributed by atoms with Gasteiger partial charge in [0, 0.05) is 36.7 Å². The number of esters is 2. The molecule has 0 aromatic heterocycles. The predicted molar refractivity (Wildman–Crippen MR) is 157 cm³/mol. The van der Waals surface area contributed by atoms with Crippen LogP contribution in [0.2, 0.25) is 0 Å². The second-order valence-electron chi connectivity index (χ2n) is 11.1. The first kappa shape index (κ1) is 33.6. The fourth-order valence-electron chi connectivity index (χ4n) is 5.17. The lowest BCUT2D eigenvalue weighted by atomic mass is 9.71. The van der Waals surface area contributed by atoms with E-state index in [0.29, 0.717) is 36.0 Å². The summed E-state index contributed by atoms with van der Waals surface area (Å²) in [5.41, 5.74) is 2.59. The molecule has 1 rings (SSSR count). The minimum absolute atomic E-state index is 0.111. The van der Waals surface area contributed by atoms with Gasteiger partial charge in [0.2, 0.25) is 0 Å². The Hall–Kier alpha value is -2.40. The second kappa shape index (κ2) is 18.0. The van der Waals surface area contributed by atoms with Gasteiger partial charge in [-0.25, -0.2) is 9.59 Å². The molecule has 0 radical (unpaired) electrons. The molecule has 1 aliphatic carbocycles. The van der Waals surface area contributed by atoms with E-state index in [0.717, 1.165) is 17.1 Å². The average Bonchev–Trinajstić information content (AvgIpc) is 2.88. The molecule has 0 saturated heterocycles. The van der Waals surface area contributed by atoms with Crippen molar-refractivity contribution >= 4 is 11.9 Å². The molecule has 5 atom stereocenters. The van der Waals surface area contributed by atoms with Gasteiger partial charge in [-0.1, -0.05) is 83.6 Å². The minimum atomic E-state index is -0.453. The van der Waals surface area contributed by atoms with E-state index < -0.39 is 11.9 Å². The standard InChI is InChI=1S/C33H52O5/c1-10-11-12-13-28-16-17-29(20-27(28)8)25(6)14-15-26(7)31(22-38-33(35)24(4)5)30(18-19-36-9)21-37-32(34)23(2)3/h14-15,27-31H,2,4,6-7,10-13,16-22H2,1,3,5,8-9H3/b15-14-. The van der Waals surface area contributed by atoms with Crippen molar-refractivity contribution in [2.75, 3.05) is 26.9 Å². The number of ether oxygens (including phenoxy) is 3. The van der Waals surface area contributed by atoms with Crippen LogP contribution in [-0.2, 0) is 23.8 Å². The Bertz CT molecular complexity index is 851. The smallest absolute Gasteiger partial charge is 0.333 e. The van der Waals surface area contributed by atoms with Gasteiger partial charge in [0.05, 0.1) is 13.2 Å². The third-order valence-corrected chi connectivity index (χ3v) is 7.82. The second-order valence-corrected chi connectivity index (χ2v) is 11.1. The Balaban J connectivity index is 2.95. The van der Waals surface area contributed by atoms with E-state index in [1.807, 2.05) is 6.08 Å². The van der Waals surface area contributed by atoms with Crippen LogP contribution in [0.4, 0.5) is 0 Å². The number of unbranched alkanes of at least 4 members (excludes halogenated alkanes) is 2. The highest BCUT2D eigenvalue weighted by atomic mass is 16.5. The molecule has 0 N–H and O–H groups in total. The van der Waals surface area contributed by atoms with Gasteiger partial charge in [0.15, 0.2) is 0 Å². The van der Waals surface area contributed by atoms with Gasteiger partial charge in [-0.05, 0) is 62.9 Å².